The molecule has 2 nitrogen and oxygen atoms in total. The van der Waals surface area contributed by atoms with Gasteiger partial charge < -0.3 is 0 Å². The Bertz CT molecular complexity index is 360. The van der Waals surface area contributed by atoms with Gasteiger partial charge in [-0.25, -0.2) is 0 Å². The number of aryl methyl sites for hydroxylation is 1. The summed E-state index contributed by atoms with van der Waals surface area (Å²) in [5, 5.41) is 0.682. The van der Waals surface area contributed by atoms with Crippen molar-refractivity contribution in [2.24, 2.45) is 0 Å². The van der Waals surface area contributed by atoms with E-state index in [1.54, 1.807) is 12.3 Å². The molecule has 0 amide bonds. The Hall–Kier alpha value is -0.410. The number of hydrogen-bond donors (Lipinski definition) is 0. The van der Waals surface area contributed by atoms with Gasteiger partial charge in [-0.2, -0.15) is 0 Å². The predicted molar refractivity (Wildman–Crippen MR) is 65.7 cm³/mol. The van der Waals surface area contributed by atoms with Crippen LogP contribution < -0.4 is 0 Å². The van der Waals surface area contributed by atoms with E-state index in [2.05, 4.69) is 4.98 Å². The molecular formula is C11H16ClNOS. The highest BCUT2D eigenvalue weighted by molar-refractivity contribution is 7.86. The lowest BCUT2D eigenvalue weighted by molar-refractivity contribution is 0.647. The molecule has 0 unspecified atom stereocenters. The standard InChI is InChI=1S/C11H16ClNOS/c1-11(2,3)15(14)7-5-10-8-9(12)4-6-13-10/h4,6,8H,5,7H2,1-3H3/t15-/m1/s1. The van der Waals surface area contributed by atoms with Crippen LogP contribution in [-0.2, 0) is 17.2 Å². The maximum atomic E-state index is 11.8. The predicted octanol–water partition coefficient (Wildman–Crippen LogP) is 2.82. The Labute approximate surface area is 98.5 Å². The fourth-order valence-corrected chi connectivity index (χ4v) is 2.28. The van der Waals surface area contributed by atoms with Gasteiger partial charge in [-0.05, 0) is 32.9 Å². The summed E-state index contributed by atoms with van der Waals surface area (Å²) in [5.74, 6) is 0.636. The second-order valence-electron chi connectivity index (χ2n) is 4.38. The summed E-state index contributed by atoms with van der Waals surface area (Å²) in [7, 11) is -0.828. The van der Waals surface area contributed by atoms with Gasteiger partial charge in [0.25, 0.3) is 0 Å². The zero-order valence-electron chi connectivity index (χ0n) is 9.29. The molecule has 1 atom stereocenters. The van der Waals surface area contributed by atoms with Crippen molar-refractivity contribution < 1.29 is 4.21 Å². The fourth-order valence-electron chi connectivity index (χ4n) is 1.09. The average molecular weight is 246 g/mol. The number of aromatic nitrogens is 1. The minimum Gasteiger partial charge on any atom is -0.261 e. The number of nitrogens with zero attached hydrogens (tertiary/aromatic N) is 1. The molecule has 0 aliphatic carbocycles. The maximum absolute atomic E-state index is 11.8. The Morgan fingerprint density at radius 1 is 1.47 bits per heavy atom. The van der Waals surface area contributed by atoms with E-state index in [-0.39, 0.29) is 4.75 Å². The van der Waals surface area contributed by atoms with Gasteiger partial charge in [0.05, 0.1) is 0 Å². The summed E-state index contributed by atoms with van der Waals surface area (Å²) >= 11 is 5.83. The molecule has 1 aromatic rings. The summed E-state index contributed by atoms with van der Waals surface area (Å²) in [6.45, 7) is 5.94. The van der Waals surface area contributed by atoms with E-state index in [1.165, 1.54) is 0 Å². The van der Waals surface area contributed by atoms with E-state index in [1.807, 2.05) is 26.8 Å². The molecule has 0 bridgehead atoms. The first-order chi connectivity index (χ1) is 6.89. The van der Waals surface area contributed by atoms with Crippen molar-refractivity contribution >= 4 is 22.4 Å². The maximum Gasteiger partial charge on any atom is 0.0439 e. The highest BCUT2D eigenvalue weighted by Gasteiger charge is 2.18. The first kappa shape index (κ1) is 12.7. The van der Waals surface area contributed by atoms with Gasteiger partial charge in [0.2, 0.25) is 0 Å². The zero-order valence-corrected chi connectivity index (χ0v) is 10.9. The summed E-state index contributed by atoms with van der Waals surface area (Å²) in [6.07, 6.45) is 2.39. The van der Waals surface area contributed by atoms with E-state index in [9.17, 15) is 4.21 Å². The van der Waals surface area contributed by atoms with Gasteiger partial charge >= 0.3 is 0 Å². The van der Waals surface area contributed by atoms with Gasteiger partial charge in [-0.1, -0.05) is 11.6 Å². The second-order valence-corrected chi connectivity index (χ2v) is 7.14. The van der Waals surface area contributed by atoms with Gasteiger partial charge in [0.1, 0.15) is 0 Å². The number of hydrogen-bond acceptors (Lipinski definition) is 2. The van der Waals surface area contributed by atoms with Crippen molar-refractivity contribution in [3.05, 3.63) is 29.0 Å². The number of pyridine rings is 1. The van der Waals surface area contributed by atoms with Crippen LogP contribution in [0.4, 0.5) is 0 Å². The zero-order chi connectivity index (χ0) is 11.5. The number of halogens is 1. The molecule has 1 rings (SSSR count). The normalized spacial score (nSPS) is 13.9. The SMILES string of the molecule is CC(C)(C)[S@](=O)CCc1cc(Cl)ccn1. The third kappa shape index (κ3) is 4.31. The molecule has 1 aromatic heterocycles. The molecule has 15 heavy (non-hydrogen) atoms. The van der Waals surface area contributed by atoms with Crippen molar-refractivity contribution in [1.82, 2.24) is 4.98 Å². The molecule has 0 spiro atoms. The lowest BCUT2D eigenvalue weighted by atomic mass is 10.3. The first-order valence-corrected chi connectivity index (χ1v) is 6.58. The molecule has 0 aliphatic heterocycles. The van der Waals surface area contributed by atoms with E-state index in [0.717, 1.165) is 5.69 Å². The third-order valence-electron chi connectivity index (χ3n) is 2.01. The van der Waals surface area contributed by atoms with Gasteiger partial charge in [0.15, 0.2) is 0 Å². The van der Waals surface area contributed by atoms with Crippen LogP contribution in [-0.4, -0.2) is 19.7 Å². The summed E-state index contributed by atoms with van der Waals surface area (Å²) in [5.41, 5.74) is 0.903. The van der Waals surface area contributed by atoms with Crippen LogP contribution in [0.5, 0.6) is 0 Å². The smallest absolute Gasteiger partial charge is 0.0439 e. The molecule has 0 fully saturated rings. The van der Waals surface area contributed by atoms with Crippen molar-refractivity contribution in [3.63, 3.8) is 0 Å². The van der Waals surface area contributed by atoms with Crippen molar-refractivity contribution in [2.45, 2.75) is 31.9 Å². The minimum atomic E-state index is -0.828. The van der Waals surface area contributed by atoms with Crippen molar-refractivity contribution in [3.8, 4) is 0 Å². The van der Waals surface area contributed by atoms with Crippen LogP contribution in [0.15, 0.2) is 18.3 Å². The van der Waals surface area contributed by atoms with Gasteiger partial charge in [-0.3, -0.25) is 9.19 Å². The van der Waals surface area contributed by atoms with Crippen LogP contribution in [0.3, 0.4) is 0 Å². The largest absolute Gasteiger partial charge is 0.261 e. The quantitative estimate of drug-likeness (QED) is 0.820. The average Bonchev–Trinajstić information content (AvgIpc) is 2.12. The first-order valence-electron chi connectivity index (χ1n) is 4.88. The second kappa shape index (κ2) is 5.08. The molecule has 0 aliphatic rings. The molecule has 1 heterocycles. The molecule has 0 aromatic carbocycles. The van der Waals surface area contributed by atoms with Crippen LogP contribution in [0, 0.1) is 0 Å². The molecule has 84 valence electrons. The topological polar surface area (TPSA) is 30.0 Å². The molecule has 0 radical (unpaired) electrons. The molecule has 4 heteroatoms. The van der Waals surface area contributed by atoms with E-state index < -0.39 is 10.8 Å². The van der Waals surface area contributed by atoms with Crippen LogP contribution in [0.25, 0.3) is 0 Å². The Balaban J connectivity index is 2.55. The van der Waals surface area contributed by atoms with Gasteiger partial charge in [0, 0.05) is 44.6 Å². The minimum absolute atomic E-state index is 0.154. The lowest BCUT2D eigenvalue weighted by Crippen LogP contribution is -2.24. The highest BCUT2D eigenvalue weighted by atomic mass is 35.5. The van der Waals surface area contributed by atoms with Crippen LogP contribution >= 0.6 is 11.6 Å². The Kier molecular flexibility index (Phi) is 4.29. The fraction of sp³-hybridized carbons (Fsp3) is 0.545. The molecule has 0 saturated carbocycles. The Morgan fingerprint density at radius 2 is 2.13 bits per heavy atom. The number of rotatable bonds is 3. The van der Waals surface area contributed by atoms with Crippen LogP contribution in [0.2, 0.25) is 5.02 Å². The van der Waals surface area contributed by atoms with Crippen molar-refractivity contribution in [2.75, 3.05) is 5.75 Å². The van der Waals surface area contributed by atoms with Gasteiger partial charge in [-0.15, -0.1) is 0 Å². The molecule has 0 N–H and O–H groups in total. The van der Waals surface area contributed by atoms with E-state index >= 15 is 0 Å². The third-order valence-corrected chi connectivity index (χ3v) is 4.18. The molecular weight excluding hydrogens is 230 g/mol. The summed E-state index contributed by atoms with van der Waals surface area (Å²) in [6, 6.07) is 3.56. The highest BCUT2D eigenvalue weighted by Crippen LogP contribution is 2.14. The molecule has 0 saturated heterocycles. The summed E-state index contributed by atoms with van der Waals surface area (Å²) in [4.78, 5) is 4.17. The van der Waals surface area contributed by atoms with E-state index in [4.69, 9.17) is 11.6 Å². The van der Waals surface area contributed by atoms with Crippen molar-refractivity contribution in [1.29, 1.82) is 0 Å². The Morgan fingerprint density at radius 3 is 2.67 bits per heavy atom. The van der Waals surface area contributed by atoms with E-state index in [0.29, 0.717) is 17.2 Å². The monoisotopic (exact) mass is 245 g/mol. The summed E-state index contributed by atoms with van der Waals surface area (Å²) < 4.78 is 11.6. The van der Waals surface area contributed by atoms with Crippen LogP contribution in [0.1, 0.15) is 26.5 Å². The lowest BCUT2D eigenvalue weighted by Gasteiger charge is -2.17.